The molecule has 1 amide bonds. The van der Waals surface area contributed by atoms with E-state index in [1.54, 1.807) is 30.3 Å². The summed E-state index contributed by atoms with van der Waals surface area (Å²) in [6, 6.07) is 11.4. The molecule has 0 saturated heterocycles. The van der Waals surface area contributed by atoms with Crippen LogP contribution in [0.25, 0.3) is 11.4 Å². The Balaban J connectivity index is 1.26. The van der Waals surface area contributed by atoms with Gasteiger partial charge in [0.25, 0.3) is 0 Å². The van der Waals surface area contributed by atoms with Crippen LogP contribution < -0.4 is 5.32 Å². The van der Waals surface area contributed by atoms with Crippen molar-refractivity contribution in [1.29, 1.82) is 0 Å². The van der Waals surface area contributed by atoms with E-state index in [0.29, 0.717) is 51.1 Å². The van der Waals surface area contributed by atoms with Crippen molar-refractivity contribution in [3.8, 4) is 11.4 Å². The monoisotopic (exact) mass is 472 g/mol. The molecule has 0 radical (unpaired) electrons. The Labute approximate surface area is 192 Å². The molecule has 2 heterocycles. The molecular formula is C21H18ClFN6O2S. The Morgan fingerprint density at radius 3 is 2.94 bits per heavy atom. The molecular weight excluding hydrogens is 455 g/mol. The second-order valence-electron chi connectivity index (χ2n) is 6.88. The molecule has 0 aliphatic carbocycles. The Hall–Kier alpha value is -3.24. The molecule has 0 aliphatic rings. The number of rotatable bonds is 8. The number of aryl methyl sites for hydroxylation is 2. The number of nitrogens with one attached hydrogen (secondary N) is 2. The van der Waals surface area contributed by atoms with Gasteiger partial charge in [-0.25, -0.2) is 9.37 Å². The second-order valence-corrected chi connectivity index (χ2v) is 8.26. The van der Waals surface area contributed by atoms with Gasteiger partial charge in [0.2, 0.25) is 17.0 Å². The highest BCUT2D eigenvalue weighted by Gasteiger charge is 2.13. The van der Waals surface area contributed by atoms with Gasteiger partial charge < -0.3 is 9.84 Å². The molecule has 11 heteroatoms. The average Bonchev–Trinajstić information content (AvgIpc) is 3.42. The summed E-state index contributed by atoms with van der Waals surface area (Å²) >= 11 is 7.24. The van der Waals surface area contributed by atoms with Crippen molar-refractivity contribution in [2.75, 3.05) is 5.32 Å². The normalized spacial score (nSPS) is 11.0. The minimum Gasteiger partial charge on any atom is -0.339 e. The summed E-state index contributed by atoms with van der Waals surface area (Å²) in [6.07, 6.45) is 0.523. The van der Waals surface area contributed by atoms with Crippen LogP contribution >= 0.6 is 23.4 Å². The maximum atomic E-state index is 13.4. The van der Waals surface area contributed by atoms with Crippen LogP contribution in [0.3, 0.4) is 0 Å². The van der Waals surface area contributed by atoms with E-state index >= 15 is 0 Å². The number of nitrogens with zero attached hydrogens (tertiary/aromatic N) is 4. The van der Waals surface area contributed by atoms with E-state index in [1.807, 2.05) is 6.92 Å². The molecule has 164 valence electrons. The number of carbonyl (C=O) groups excluding carboxylic acids is 1. The number of amides is 1. The first kappa shape index (κ1) is 22.0. The smallest absolute Gasteiger partial charge is 0.227 e. The molecule has 0 aliphatic heterocycles. The van der Waals surface area contributed by atoms with E-state index in [1.165, 1.54) is 23.9 Å². The fraction of sp³-hybridized carbons (Fsp3) is 0.190. The quantitative estimate of drug-likeness (QED) is 0.354. The van der Waals surface area contributed by atoms with Crippen molar-refractivity contribution in [3.05, 3.63) is 70.6 Å². The van der Waals surface area contributed by atoms with Crippen molar-refractivity contribution in [3.63, 3.8) is 0 Å². The van der Waals surface area contributed by atoms with E-state index < -0.39 is 0 Å². The second kappa shape index (κ2) is 9.92. The predicted molar refractivity (Wildman–Crippen MR) is 119 cm³/mol. The lowest BCUT2D eigenvalue weighted by Crippen LogP contribution is -2.13. The van der Waals surface area contributed by atoms with Gasteiger partial charge in [-0.2, -0.15) is 4.98 Å². The van der Waals surface area contributed by atoms with Gasteiger partial charge in [0.05, 0.1) is 5.75 Å². The van der Waals surface area contributed by atoms with E-state index in [4.69, 9.17) is 16.1 Å². The Morgan fingerprint density at radius 1 is 1.25 bits per heavy atom. The molecule has 32 heavy (non-hydrogen) atoms. The Kier molecular flexibility index (Phi) is 6.81. The molecule has 0 bridgehead atoms. The number of aromatic amines is 1. The van der Waals surface area contributed by atoms with Crippen LogP contribution in [0.1, 0.15) is 23.7 Å². The average molecular weight is 473 g/mol. The van der Waals surface area contributed by atoms with Gasteiger partial charge in [-0.1, -0.05) is 40.7 Å². The van der Waals surface area contributed by atoms with Crippen LogP contribution in [0.2, 0.25) is 5.02 Å². The van der Waals surface area contributed by atoms with Crippen LogP contribution in [-0.2, 0) is 17.0 Å². The Bertz CT molecular complexity index is 1240. The highest BCUT2D eigenvalue weighted by molar-refractivity contribution is 7.98. The summed E-state index contributed by atoms with van der Waals surface area (Å²) in [6.45, 7) is 1.87. The summed E-state index contributed by atoms with van der Waals surface area (Å²) in [4.78, 5) is 20.8. The molecule has 0 saturated carbocycles. The zero-order valence-electron chi connectivity index (χ0n) is 16.9. The van der Waals surface area contributed by atoms with E-state index in [2.05, 4.69) is 30.6 Å². The standard InChI is InChI=1S/C21H18ClFN6O2S/c1-12-9-14(22)5-6-16(12)24-18(30)7-8-19-25-17(29-31-19)11-32-21-26-20(27-28-21)13-3-2-4-15(23)10-13/h2-6,9-10H,7-8,11H2,1H3,(H,24,30)(H,26,27,28). The number of thioether (sulfide) groups is 1. The largest absolute Gasteiger partial charge is 0.339 e. The molecule has 2 aromatic heterocycles. The van der Waals surface area contributed by atoms with Gasteiger partial charge in [0, 0.05) is 29.1 Å². The lowest BCUT2D eigenvalue weighted by Gasteiger charge is -2.07. The maximum Gasteiger partial charge on any atom is 0.227 e. The molecule has 8 nitrogen and oxygen atoms in total. The van der Waals surface area contributed by atoms with Gasteiger partial charge in [-0.3, -0.25) is 9.89 Å². The van der Waals surface area contributed by atoms with Crippen molar-refractivity contribution in [2.24, 2.45) is 0 Å². The maximum absolute atomic E-state index is 13.4. The van der Waals surface area contributed by atoms with Crippen LogP contribution in [0.4, 0.5) is 10.1 Å². The van der Waals surface area contributed by atoms with Gasteiger partial charge in [0.1, 0.15) is 5.82 Å². The fourth-order valence-corrected chi connectivity index (χ4v) is 3.72. The number of hydrogen-bond acceptors (Lipinski definition) is 7. The van der Waals surface area contributed by atoms with Crippen molar-refractivity contribution in [2.45, 2.75) is 30.7 Å². The predicted octanol–water partition coefficient (Wildman–Crippen LogP) is 4.82. The van der Waals surface area contributed by atoms with E-state index in [0.717, 1.165) is 5.56 Å². The molecule has 4 rings (SSSR count). The summed E-state index contributed by atoms with van der Waals surface area (Å²) < 4.78 is 18.6. The zero-order valence-corrected chi connectivity index (χ0v) is 18.5. The van der Waals surface area contributed by atoms with Crippen LogP contribution in [0.15, 0.2) is 52.1 Å². The molecule has 4 aromatic rings. The molecule has 0 spiro atoms. The summed E-state index contributed by atoms with van der Waals surface area (Å²) in [7, 11) is 0. The molecule has 2 aromatic carbocycles. The number of aromatic nitrogens is 5. The fourth-order valence-electron chi connectivity index (χ4n) is 2.86. The first-order chi connectivity index (χ1) is 15.5. The van der Waals surface area contributed by atoms with E-state index in [-0.39, 0.29) is 18.1 Å². The first-order valence-electron chi connectivity index (χ1n) is 9.65. The molecule has 2 N–H and O–H groups in total. The molecule has 0 unspecified atom stereocenters. The van der Waals surface area contributed by atoms with Gasteiger partial charge in [0.15, 0.2) is 11.6 Å². The van der Waals surface area contributed by atoms with Crippen LogP contribution in [0, 0.1) is 12.7 Å². The lowest BCUT2D eigenvalue weighted by molar-refractivity contribution is -0.116. The zero-order chi connectivity index (χ0) is 22.5. The Morgan fingerprint density at radius 2 is 2.12 bits per heavy atom. The van der Waals surface area contributed by atoms with E-state index in [9.17, 15) is 9.18 Å². The van der Waals surface area contributed by atoms with Crippen LogP contribution in [-0.4, -0.2) is 31.2 Å². The highest BCUT2D eigenvalue weighted by Crippen LogP contribution is 2.22. The third-order valence-corrected chi connectivity index (χ3v) is 5.51. The number of anilines is 1. The minimum atomic E-state index is -0.343. The third kappa shape index (κ3) is 5.71. The number of carbonyl (C=O) groups is 1. The number of hydrogen-bond donors (Lipinski definition) is 2. The van der Waals surface area contributed by atoms with Gasteiger partial charge >= 0.3 is 0 Å². The lowest BCUT2D eigenvalue weighted by atomic mass is 10.2. The van der Waals surface area contributed by atoms with Gasteiger partial charge in [-0.15, -0.1) is 5.10 Å². The topological polar surface area (TPSA) is 110 Å². The first-order valence-corrected chi connectivity index (χ1v) is 11.0. The minimum absolute atomic E-state index is 0.157. The number of halogens is 2. The van der Waals surface area contributed by atoms with Crippen molar-refractivity contribution < 1.29 is 13.7 Å². The third-order valence-electron chi connectivity index (χ3n) is 4.43. The van der Waals surface area contributed by atoms with Gasteiger partial charge in [-0.05, 0) is 42.8 Å². The van der Waals surface area contributed by atoms with Crippen LogP contribution in [0.5, 0.6) is 0 Å². The summed E-state index contributed by atoms with van der Waals surface area (Å²) in [5.41, 5.74) is 2.21. The number of benzene rings is 2. The highest BCUT2D eigenvalue weighted by atomic mass is 35.5. The SMILES string of the molecule is Cc1cc(Cl)ccc1NC(=O)CCc1nc(CSc2n[nH]c(-c3cccc(F)c3)n2)no1. The van der Waals surface area contributed by atoms with Crippen molar-refractivity contribution >= 4 is 35.0 Å². The van der Waals surface area contributed by atoms with Crippen molar-refractivity contribution in [1.82, 2.24) is 25.3 Å². The summed E-state index contributed by atoms with van der Waals surface area (Å²) in [5.74, 6) is 1.21. The molecule has 0 fully saturated rings. The molecule has 0 atom stereocenters. The number of H-pyrrole nitrogens is 1. The summed E-state index contributed by atoms with van der Waals surface area (Å²) in [5, 5.41) is 14.8.